The minimum atomic E-state index is -0.0540. The fourth-order valence-electron chi connectivity index (χ4n) is 1.79. The summed E-state index contributed by atoms with van der Waals surface area (Å²) in [6.45, 7) is 3.75. The van der Waals surface area contributed by atoms with Crippen LogP contribution in [0.3, 0.4) is 0 Å². The molecule has 3 heteroatoms. The minimum absolute atomic E-state index is 0.0540. The Morgan fingerprint density at radius 3 is 2.56 bits per heavy atom. The lowest BCUT2D eigenvalue weighted by Crippen LogP contribution is -2.05. The van der Waals surface area contributed by atoms with E-state index in [1.165, 1.54) is 0 Å². The van der Waals surface area contributed by atoms with E-state index >= 15 is 0 Å². The third-order valence-corrected chi connectivity index (χ3v) is 3.46. The molecule has 2 nitrogen and oxygen atoms in total. The molecule has 0 saturated heterocycles. The first kappa shape index (κ1) is 12.7. The number of aryl methyl sites for hydroxylation is 1. The quantitative estimate of drug-likeness (QED) is 0.659. The average Bonchev–Trinajstić information content (AvgIpc) is 2.35. The molecule has 0 heterocycles. The average molecular weight is 260 g/mol. The summed E-state index contributed by atoms with van der Waals surface area (Å²) < 4.78 is 0. The van der Waals surface area contributed by atoms with Crippen LogP contribution in [-0.4, -0.2) is 5.78 Å². The molecule has 0 radical (unpaired) electrons. The number of nitrogens with two attached hydrogens (primary N) is 1. The van der Waals surface area contributed by atoms with Crippen molar-refractivity contribution < 1.29 is 4.79 Å². The number of nitrogen functional groups attached to an aromatic ring is 1. The van der Waals surface area contributed by atoms with E-state index in [0.717, 1.165) is 11.1 Å². The Hall–Kier alpha value is -1.80. The van der Waals surface area contributed by atoms with E-state index in [1.54, 1.807) is 30.3 Å². The predicted molar refractivity (Wildman–Crippen MR) is 75.2 cm³/mol. The topological polar surface area (TPSA) is 43.1 Å². The number of ketones is 1. The summed E-state index contributed by atoms with van der Waals surface area (Å²) in [5, 5.41) is 0.599. The molecule has 2 aromatic rings. The molecule has 0 saturated carbocycles. The van der Waals surface area contributed by atoms with E-state index in [-0.39, 0.29) is 5.78 Å². The Balaban J connectivity index is 2.48. The number of carbonyl (C=O) groups is 1. The van der Waals surface area contributed by atoms with Crippen LogP contribution in [0.1, 0.15) is 27.0 Å². The van der Waals surface area contributed by atoms with E-state index in [2.05, 4.69) is 0 Å². The fourth-order valence-corrected chi connectivity index (χ4v) is 1.97. The molecule has 0 spiro atoms. The van der Waals surface area contributed by atoms with Gasteiger partial charge in [-0.2, -0.15) is 0 Å². The molecule has 0 aromatic heterocycles. The van der Waals surface area contributed by atoms with Gasteiger partial charge in [0.2, 0.25) is 0 Å². The van der Waals surface area contributed by atoms with Crippen LogP contribution in [0, 0.1) is 13.8 Å². The van der Waals surface area contributed by atoms with Crippen molar-refractivity contribution in [3.05, 3.63) is 63.7 Å². The van der Waals surface area contributed by atoms with Crippen LogP contribution in [0.4, 0.5) is 5.69 Å². The highest BCUT2D eigenvalue weighted by atomic mass is 35.5. The maximum atomic E-state index is 12.4. The van der Waals surface area contributed by atoms with E-state index in [9.17, 15) is 4.79 Å². The van der Waals surface area contributed by atoms with E-state index in [0.29, 0.717) is 21.8 Å². The van der Waals surface area contributed by atoms with Gasteiger partial charge in [-0.3, -0.25) is 4.79 Å². The van der Waals surface area contributed by atoms with E-state index in [4.69, 9.17) is 17.3 Å². The second kappa shape index (κ2) is 4.83. The van der Waals surface area contributed by atoms with Gasteiger partial charge in [-0.1, -0.05) is 35.9 Å². The standard InChI is InChI=1S/C15H14ClNO/c1-9-6-7-11(8-13(9)16)15(18)12-4-3-5-14(17)10(12)2/h3-8H,17H2,1-2H3. The van der Waals surface area contributed by atoms with Crippen LogP contribution in [0.25, 0.3) is 0 Å². The Labute approximate surface area is 111 Å². The Morgan fingerprint density at radius 1 is 1.17 bits per heavy atom. The van der Waals surface area contributed by atoms with Gasteiger partial charge in [0.15, 0.2) is 5.78 Å². The van der Waals surface area contributed by atoms with Crippen LogP contribution in [0.2, 0.25) is 5.02 Å². The summed E-state index contributed by atoms with van der Waals surface area (Å²) in [5.41, 5.74) is 9.40. The first-order valence-corrected chi connectivity index (χ1v) is 6.04. The third kappa shape index (κ3) is 2.24. The van der Waals surface area contributed by atoms with Gasteiger partial charge < -0.3 is 5.73 Å². The summed E-state index contributed by atoms with van der Waals surface area (Å²) in [5.74, 6) is -0.0540. The Bertz CT molecular complexity index is 620. The molecule has 0 aliphatic heterocycles. The molecule has 2 rings (SSSR count). The van der Waals surface area contributed by atoms with Crippen molar-refractivity contribution in [2.24, 2.45) is 0 Å². The van der Waals surface area contributed by atoms with Crippen molar-refractivity contribution in [2.45, 2.75) is 13.8 Å². The van der Waals surface area contributed by atoms with Gasteiger partial charge in [0.05, 0.1) is 0 Å². The summed E-state index contributed by atoms with van der Waals surface area (Å²) in [4.78, 5) is 12.4. The van der Waals surface area contributed by atoms with Gasteiger partial charge in [-0.05, 0) is 37.1 Å². The van der Waals surface area contributed by atoms with Crippen molar-refractivity contribution in [3.63, 3.8) is 0 Å². The number of hydrogen-bond donors (Lipinski definition) is 1. The monoisotopic (exact) mass is 259 g/mol. The van der Waals surface area contributed by atoms with E-state index in [1.807, 2.05) is 19.9 Å². The minimum Gasteiger partial charge on any atom is -0.398 e. The lowest BCUT2D eigenvalue weighted by atomic mass is 9.97. The predicted octanol–water partition coefficient (Wildman–Crippen LogP) is 3.77. The highest BCUT2D eigenvalue weighted by Gasteiger charge is 2.13. The zero-order valence-corrected chi connectivity index (χ0v) is 11.1. The Morgan fingerprint density at radius 2 is 1.89 bits per heavy atom. The van der Waals surface area contributed by atoms with Gasteiger partial charge in [0.1, 0.15) is 0 Å². The molecule has 2 aromatic carbocycles. The molecular formula is C15H14ClNO. The molecule has 2 N–H and O–H groups in total. The van der Waals surface area contributed by atoms with Gasteiger partial charge in [0, 0.05) is 21.8 Å². The van der Waals surface area contributed by atoms with Crippen LogP contribution < -0.4 is 5.73 Å². The molecule has 18 heavy (non-hydrogen) atoms. The molecule has 0 atom stereocenters. The van der Waals surface area contributed by atoms with Crippen molar-refractivity contribution in [1.29, 1.82) is 0 Å². The van der Waals surface area contributed by atoms with Crippen LogP contribution in [0.5, 0.6) is 0 Å². The van der Waals surface area contributed by atoms with E-state index < -0.39 is 0 Å². The number of halogens is 1. The smallest absolute Gasteiger partial charge is 0.193 e. The van der Waals surface area contributed by atoms with Gasteiger partial charge in [-0.15, -0.1) is 0 Å². The van der Waals surface area contributed by atoms with Crippen molar-refractivity contribution in [3.8, 4) is 0 Å². The Kier molecular flexibility index (Phi) is 3.39. The highest BCUT2D eigenvalue weighted by Crippen LogP contribution is 2.22. The lowest BCUT2D eigenvalue weighted by molar-refractivity contribution is 0.103. The first-order chi connectivity index (χ1) is 8.50. The zero-order chi connectivity index (χ0) is 13.3. The molecule has 0 amide bonds. The van der Waals surface area contributed by atoms with Crippen molar-refractivity contribution in [2.75, 3.05) is 5.73 Å². The molecule has 0 aliphatic carbocycles. The largest absolute Gasteiger partial charge is 0.398 e. The lowest BCUT2D eigenvalue weighted by Gasteiger charge is -2.08. The number of benzene rings is 2. The summed E-state index contributed by atoms with van der Waals surface area (Å²) in [6.07, 6.45) is 0. The second-order valence-electron chi connectivity index (χ2n) is 4.31. The summed E-state index contributed by atoms with van der Waals surface area (Å²) in [6, 6.07) is 10.7. The molecule has 0 fully saturated rings. The van der Waals surface area contributed by atoms with Gasteiger partial charge in [-0.25, -0.2) is 0 Å². The van der Waals surface area contributed by atoms with Gasteiger partial charge in [0.25, 0.3) is 0 Å². The molecule has 0 unspecified atom stereocenters. The first-order valence-electron chi connectivity index (χ1n) is 5.66. The highest BCUT2D eigenvalue weighted by molar-refractivity contribution is 6.32. The van der Waals surface area contributed by atoms with Gasteiger partial charge >= 0.3 is 0 Å². The molecule has 92 valence electrons. The van der Waals surface area contributed by atoms with Crippen molar-refractivity contribution >= 4 is 23.1 Å². The van der Waals surface area contributed by atoms with Crippen molar-refractivity contribution in [1.82, 2.24) is 0 Å². The number of rotatable bonds is 2. The van der Waals surface area contributed by atoms with Crippen LogP contribution >= 0.6 is 11.6 Å². The molecule has 0 aliphatic rings. The maximum absolute atomic E-state index is 12.4. The normalized spacial score (nSPS) is 10.4. The zero-order valence-electron chi connectivity index (χ0n) is 10.3. The maximum Gasteiger partial charge on any atom is 0.193 e. The summed E-state index contributed by atoms with van der Waals surface area (Å²) in [7, 11) is 0. The third-order valence-electron chi connectivity index (χ3n) is 3.05. The fraction of sp³-hybridized carbons (Fsp3) is 0.133. The number of hydrogen-bond acceptors (Lipinski definition) is 2. The summed E-state index contributed by atoms with van der Waals surface area (Å²) >= 11 is 6.04. The number of carbonyl (C=O) groups excluding carboxylic acids is 1. The molecular weight excluding hydrogens is 246 g/mol. The SMILES string of the molecule is Cc1ccc(C(=O)c2cccc(N)c2C)cc1Cl. The van der Waals surface area contributed by atoms with Crippen LogP contribution in [0.15, 0.2) is 36.4 Å². The van der Waals surface area contributed by atoms with Crippen LogP contribution in [-0.2, 0) is 0 Å². The molecule has 0 bridgehead atoms. The number of anilines is 1. The second-order valence-corrected chi connectivity index (χ2v) is 4.72.